The molecule has 0 saturated heterocycles. The minimum atomic E-state index is 0.388. The van der Waals surface area contributed by atoms with Crippen molar-refractivity contribution >= 4 is 0 Å². The highest BCUT2D eigenvalue weighted by molar-refractivity contribution is 5.30. The van der Waals surface area contributed by atoms with Crippen LogP contribution in [0.2, 0.25) is 0 Å². The Hall–Kier alpha value is -0.830. The highest BCUT2D eigenvalue weighted by atomic mass is 15.3. The van der Waals surface area contributed by atoms with Crippen LogP contribution in [0.5, 0.6) is 0 Å². The Bertz CT molecular complexity index is 409. The van der Waals surface area contributed by atoms with Gasteiger partial charge in [0, 0.05) is 23.8 Å². The fourth-order valence-corrected chi connectivity index (χ4v) is 3.16. The zero-order chi connectivity index (χ0) is 15.8. The van der Waals surface area contributed by atoms with Gasteiger partial charge in [0.2, 0.25) is 0 Å². The van der Waals surface area contributed by atoms with Gasteiger partial charge in [0.05, 0.1) is 5.69 Å². The molecule has 0 aliphatic heterocycles. The van der Waals surface area contributed by atoms with E-state index in [1.54, 1.807) is 0 Å². The Morgan fingerprint density at radius 1 is 1.14 bits per heavy atom. The van der Waals surface area contributed by atoms with Crippen LogP contribution in [0, 0.1) is 5.92 Å². The van der Waals surface area contributed by atoms with Crippen molar-refractivity contribution in [3.8, 4) is 0 Å². The molecule has 0 amide bonds. The van der Waals surface area contributed by atoms with Crippen molar-refractivity contribution in [2.75, 3.05) is 7.05 Å². The number of hydrogen-bond donors (Lipinski definition) is 1. The highest BCUT2D eigenvalue weighted by Gasteiger charge is 2.20. The molecule has 3 nitrogen and oxygen atoms in total. The number of aryl methyl sites for hydroxylation is 1. The molecule has 1 aromatic rings. The summed E-state index contributed by atoms with van der Waals surface area (Å²) in [6.45, 7) is 12.4. The highest BCUT2D eigenvalue weighted by Crippen LogP contribution is 2.25. The summed E-state index contributed by atoms with van der Waals surface area (Å²) < 4.78 is 2.31. The van der Waals surface area contributed by atoms with Gasteiger partial charge in [-0.2, -0.15) is 5.10 Å². The topological polar surface area (TPSA) is 29.9 Å². The van der Waals surface area contributed by atoms with Gasteiger partial charge >= 0.3 is 0 Å². The Morgan fingerprint density at radius 3 is 2.33 bits per heavy atom. The third-order valence-corrected chi connectivity index (χ3v) is 4.69. The summed E-state index contributed by atoms with van der Waals surface area (Å²) >= 11 is 0. The molecule has 1 rings (SSSR count). The number of unbranched alkanes of at least 4 members (excludes halogenated alkanes) is 1. The Balaban J connectivity index is 3.03. The van der Waals surface area contributed by atoms with Crippen molar-refractivity contribution in [1.82, 2.24) is 15.1 Å². The van der Waals surface area contributed by atoms with Gasteiger partial charge in [-0.1, -0.05) is 47.0 Å². The molecule has 21 heavy (non-hydrogen) atoms. The first kappa shape index (κ1) is 18.2. The van der Waals surface area contributed by atoms with Crippen molar-refractivity contribution in [2.24, 2.45) is 5.92 Å². The van der Waals surface area contributed by atoms with Crippen LogP contribution in [0.3, 0.4) is 0 Å². The second-order valence-electron chi connectivity index (χ2n) is 6.12. The van der Waals surface area contributed by atoms with Gasteiger partial charge in [0.25, 0.3) is 0 Å². The molecule has 0 aliphatic carbocycles. The fourth-order valence-electron chi connectivity index (χ4n) is 3.16. The Kier molecular flexibility index (Phi) is 8.02. The molecular weight excluding hydrogens is 258 g/mol. The predicted octanol–water partition coefficient (Wildman–Crippen LogP) is 4.50. The van der Waals surface area contributed by atoms with E-state index in [0.717, 1.165) is 25.3 Å². The lowest BCUT2D eigenvalue weighted by Gasteiger charge is -2.17. The zero-order valence-corrected chi connectivity index (χ0v) is 15.0. The zero-order valence-electron chi connectivity index (χ0n) is 15.0. The fraction of sp³-hybridized carbons (Fsp3) is 0.833. The molecule has 0 saturated carbocycles. The van der Waals surface area contributed by atoms with E-state index in [2.05, 4.69) is 44.6 Å². The van der Waals surface area contributed by atoms with Gasteiger partial charge in [-0.3, -0.25) is 4.68 Å². The molecule has 0 radical (unpaired) electrons. The molecule has 0 spiro atoms. The monoisotopic (exact) mass is 293 g/mol. The molecule has 3 heteroatoms. The second kappa shape index (κ2) is 9.24. The van der Waals surface area contributed by atoms with Gasteiger partial charge in [-0.15, -0.1) is 0 Å². The molecule has 0 fully saturated rings. The second-order valence-corrected chi connectivity index (χ2v) is 6.12. The first-order valence-electron chi connectivity index (χ1n) is 8.88. The largest absolute Gasteiger partial charge is 0.313 e. The van der Waals surface area contributed by atoms with E-state index in [1.165, 1.54) is 42.6 Å². The minimum absolute atomic E-state index is 0.388. The van der Waals surface area contributed by atoms with E-state index >= 15 is 0 Å². The first-order valence-corrected chi connectivity index (χ1v) is 8.88. The molecular formula is C18H35N3. The lowest BCUT2D eigenvalue weighted by molar-refractivity contribution is 0.365. The summed E-state index contributed by atoms with van der Waals surface area (Å²) in [5.41, 5.74) is 4.15. The molecule has 0 bridgehead atoms. The summed E-state index contributed by atoms with van der Waals surface area (Å²) in [5, 5.41) is 8.33. The maximum Gasteiger partial charge on any atom is 0.0672 e. The minimum Gasteiger partial charge on any atom is -0.313 e. The van der Waals surface area contributed by atoms with Crippen LogP contribution in [0.4, 0.5) is 0 Å². The molecule has 1 aromatic heterocycles. The van der Waals surface area contributed by atoms with Gasteiger partial charge in [-0.25, -0.2) is 0 Å². The summed E-state index contributed by atoms with van der Waals surface area (Å²) in [5.74, 6) is 0.762. The lowest BCUT2D eigenvalue weighted by Crippen LogP contribution is -2.17. The van der Waals surface area contributed by atoms with Gasteiger partial charge in [0.15, 0.2) is 0 Å². The Morgan fingerprint density at radius 2 is 1.86 bits per heavy atom. The van der Waals surface area contributed by atoms with Crippen molar-refractivity contribution in [3.05, 3.63) is 17.0 Å². The summed E-state index contributed by atoms with van der Waals surface area (Å²) in [4.78, 5) is 0. The number of nitrogens with zero attached hydrogens (tertiary/aromatic N) is 2. The van der Waals surface area contributed by atoms with Crippen molar-refractivity contribution < 1.29 is 0 Å². The van der Waals surface area contributed by atoms with Crippen molar-refractivity contribution in [2.45, 2.75) is 85.7 Å². The van der Waals surface area contributed by atoms with Gasteiger partial charge < -0.3 is 5.32 Å². The maximum atomic E-state index is 4.94. The summed E-state index contributed by atoms with van der Waals surface area (Å²) in [7, 11) is 2.04. The molecule has 2 atom stereocenters. The summed E-state index contributed by atoms with van der Waals surface area (Å²) in [6.07, 6.45) is 7.29. The van der Waals surface area contributed by atoms with E-state index in [9.17, 15) is 0 Å². The van der Waals surface area contributed by atoms with E-state index in [1.807, 2.05) is 7.05 Å². The average Bonchev–Trinajstić information content (AvgIpc) is 2.87. The Labute approximate surface area is 131 Å². The normalized spacial score (nSPS) is 14.4. The van der Waals surface area contributed by atoms with Crippen molar-refractivity contribution in [1.29, 1.82) is 0 Å². The maximum absolute atomic E-state index is 4.94. The lowest BCUT2D eigenvalue weighted by atomic mass is 9.98. The molecule has 1 heterocycles. The first-order chi connectivity index (χ1) is 10.1. The van der Waals surface area contributed by atoms with E-state index in [0.29, 0.717) is 6.04 Å². The van der Waals surface area contributed by atoms with Crippen LogP contribution in [-0.4, -0.2) is 16.8 Å². The summed E-state index contributed by atoms with van der Waals surface area (Å²) in [6, 6.07) is 0.388. The average molecular weight is 293 g/mol. The molecule has 122 valence electrons. The van der Waals surface area contributed by atoms with Crippen LogP contribution in [0.1, 0.15) is 83.3 Å². The smallest absolute Gasteiger partial charge is 0.0672 e. The number of rotatable bonds is 10. The predicted molar refractivity (Wildman–Crippen MR) is 91.8 cm³/mol. The van der Waals surface area contributed by atoms with Crippen LogP contribution >= 0.6 is 0 Å². The van der Waals surface area contributed by atoms with Gasteiger partial charge in [-0.05, 0) is 39.2 Å². The number of aromatic nitrogens is 2. The van der Waals surface area contributed by atoms with E-state index in [-0.39, 0.29) is 0 Å². The van der Waals surface area contributed by atoms with Gasteiger partial charge in [0.1, 0.15) is 0 Å². The van der Waals surface area contributed by atoms with Crippen LogP contribution in [0.25, 0.3) is 0 Å². The molecule has 1 N–H and O–H groups in total. The number of nitrogens with one attached hydrogen (secondary N) is 1. The third-order valence-electron chi connectivity index (χ3n) is 4.69. The van der Waals surface area contributed by atoms with Crippen LogP contribution in [-0.2, 0) is 19.4 Å². The number of hydrogen-bond acceptors (Lipinski definition) is 2. The quantitative estimate of drug-likeness (QED) is 0.688. The molecule has 2 unspecified atom stereocenters. The van der Waals surface area contributed by atoms with Crippen molar-refractivity contribution in [3.63, 3.8) is 0 Å². The van der Waals surface area contributed by atoms with E-state index < -0.39 is 0 Å². The standard InChI is InChI=1S/C18H35N3/c1-7-11-12-15(8-2)13-21-17(10-4)18(14(5)19-6)16(9-3)20-21/h14-15,19H,7-13H2,1-6H3. The molecule has 0 aromatic carbocycles. The van der Waals surface area contributed by atoms with Crippen LogP contribution < -0.4 is 5.32 Å². The SMILES string of the molecule is CCCCC(CC)Cn1nc(CC)c(C(C)NC)c1CC. The molecule has 0 aliphatic rings. The van der Waals surface area contributed by atoms with E-state index in [4.69, 9.17) is 5.10 Å². The third kappa shape index (κ3) is 4.57. The van der Waals surface area contributed by atoms with Crippen LogP contribution in [0.15, 0.2) is 0 Å².